The third-order valence-corrected chi connectivity index (χ3v) is 4.09. The average Bonchev–Trinajstić information content (AvgIpc) is 2.68. The monoisotopic (exact) mass is 403 g/mol. The zero-order valence-electron chi connectivity index (χ0n) is 15.7. The maximum atomic E-state index is 12.1. The van der Waals surface area contributed by atoms with Crippen molar-refractivity contribution in [3.05, 3.63) is 53.1 Å². The van der Waals surface area contributed by atoms with Crippen LogP contribution in [0.4, 0.5) is 17.1 Å². The number of rotatable bonds is 8. The molecule has 0 spiro atoms. The second kappa shape index (κ2) is 10.3. The van der Waals surface area contributed by atoms with Crippen LogP contribution in [0.25, 0.3) is 0 Å². The van der Waals surface area contributed by atoms with Crippen LogP contribution < -0.4 is 16.0 Å². The summed E-state index contributed by atoms with van der Waals surface area (Å²) < 4.78 is 4.63. The first-order valence-electron chi connectivity index (χ1n) is 8.74. The number of benzene rings is 2. The topological polar surface area (TPSA) is 96.5 Å². The summed E-state index contributed by atoms with van der Waals surface area (Å²) in [5, 5.41) is 8.88. The molecule has 0 unspecified atom stereocenters. The van der Waals surface area contributed by atoms with Gasteiger partial charge in [-0.25, -0.2) is 4.79 Å². The molecule has 2 amide bonds. The molecule has 0 radical (unpaired) electrons. The Morgan fingerprint density at radius 3 is 2.25 bits per heavy atom. The number of amides is 2. The summed E-state index contributed by atoms with van der Waals surface area (Å²) in [4.78, 5) is 35.3. The number of ether oxygens (including phenoxy) is 1. The van der Waals surface area contributed by atoms with Crippen LogP contribution in [0.3, 0.4) is 0 Å². The number of methoxy groups -OCH3 is 1. The summed E-state index contributed by atoms with van der Waals surface area (Å²) in [7, 11) is 1.30. The molecule has 0 fully saturated rings. The molecular weight excluding hydrogens is 382 g/mol. The molecular formula is C20H22ClN3O4. The van der Waals surface area contributed by atoms with Crippen molar-refractivity contribution in [2.24, 2.45) is 0 Å². The lowest BCUT2D eigenvalue weighted by atomic mass is 10.2. The first kappa shape index (κ1) is 21.2. The van der Waals surface area contributed by atoms with Crippen LogP contribution in [0.5, 0.6) is 0 Å². The van der Waals surface area contributed by atoms with Gasteiger partial charge in [0, 0.05) is 17.8 Å². The minimum absolute atomic E-state index is 0.0230. The van der Waals surface area contributed by atoms with Gasteiger partial charge in [-0.3, -0.25) is 9.59 Å². The fraction of sp³-hybridized carbons (Fsp3) is 0.250. The zero-order valence-corrected chi connectivity index (χ0v) is 16.4. The van der Waals surface area contributed by atoms with Crippen LogP contribution in [-0.2, 0) is 14.3 Å². The van der Waals surface area contributed by atoms with Gasteiger partial charge in [-0.05, 0) is 48.9 Å². The normalized spacial score (nSPS) is 10.1. The molecule has 2 aromatic rings. The summed E-state index contributed by atoms with van der Waals surface area (Å²) in [6, 6.07) is 11.4. The highest BCUT2D eigenvalue weighted by molar-refractivity contribution is 6.33. The Morgan fingerprint density at radius 2 is 1.61 bits per heavy atom. The number of esters is 1. The summed E-state index contributed by atoms with van der Waals surface area (Å²) >= 11 is 6.15. The van der Waals surface area contributed by atoms with Gasteiger partial charge in [0.1, 0.15) is 0 Å². The van der Waals surface area contributed by atoms with Crippen molar-refractivity contribution >= 4 is 46.4 Å². The van der Waals surface area contributed by atoms with Gasteiger partial charge >= 0.3 is 5.97 Å². The van der Waals surface area contributed by atoms with Crippen molar-refractivity contribution in [3.63, 3.8) is 0 Å². The van der Waals surface area contributed by atoms with Gasteiger partial charge in [-0.2, -0.15) is 0 Å². The van der Waals surface area contributed by atoms with E-state index in [-0.39, 0.29) is 18.4 Å². The standard InChI is InChI=1S/C20H22ClN3O4/c1-3-4-18(25)24-15-9-10-16(21)17(11-15)22-12-19(26)23-14-7-5-13(6-8-14)20(27)28-2/h5-11,22H,3-4,12H2,1-2H3,(H,23,26)(H,24,25). The van der Waals surface area contributed by atoms with Gasteiger partial charge in [0.2, 0.25) is 11.8 Å². The van der Waals surface area contributed by atoms with E-state index in [1.807, 2.05) is 6.92 Å². The predicted octanol–water partition coefficient (Wildman–Crippen LogP) is 3.92. The summed E-state index contributed by atoms with van der Waals surface area (Å²) in [6.45, 7) is 1.90. The molecule has 8 heteroatoms. The molecule has 0 atom stereocenters. The number of carbonyl (C=O) groups excluding carboxylic acids is 3. The van der Waals surface area contributed by atoms with E-state index >= 15 is 0 Å². The van der Waals surface area contributed by atoms with Crippen LogP contribution in [0.15, 0.2) is 42.5 Å². The Balaban J connectivity index is 1.93. The predicted molar refractivity (Wildman–Crippen MR) is 110 cm³/mol. The van der Waals surface area contributed by atoms with Gasteiger partial charge in [-0.1, -0.05) is 18.5 Å². The number of hydrogen-bond acceptors (Lipinski definition) is 5. The van der Waals surface area contributed by atoms with Crippen molar-refractivity contribution in [1.29, 1.82) is 0 Å². The van der Waals surface area contributed by atoms with Crippen LogP contribution in [-0.4, -0.2) is 31.4 Å². The molecule has 7 nitrogen and oxygen atoms in total. The van der Waals surface area contributed by atoms with E-state index in [0.717, 1.165) is 6.42 Å². The van der Waals surface area contributed by atoms with E-state index < -0.39 is 5.97 Å². The number of anilines is 3. The van der Waals surface area contributed by atoms with Crippen molar-refractivity contribution < 1.29 is 19.1 Å². The Bertz CT molecular complexity index is 853. The third kappa shape index (κ3) is 6.28. The number of carbonyl (C=O) groups is 3. The van der Waals surface area contributed by atoms with Gasteiger partial charge in [0.05, 0.1) is 29.9 Å². The van der Waals surface area contributed by atoms with Crippen molar-refractivity contribution in [1.82, 2.24) is 0 Å². The Morgan fingerprint density at radius 1 is 0.964 bits per heavy atom. The largest absolute Gasteiger partial charge is 0.465 e. The van der Waals surface area contributed by atoms with E-state index in [4.69, 9.17) is 11.6 Å². The highest BCUT2D eigenvalue weighted by Crippen LogP contribution is 2.25. The average molecular weight is 404 g/mol. The first-order chi connectivity index (χ1) is 13.4. The quantitative estimate of drug-likeness (QED) is 0.580. The minimum Gasteiger partial charge on any atom is -0.465 e. The zero-order chi connectivity index (χ0) is 20.5. The smallest absolute Gasteiger partial charge is 0.337 e. The molecule has 0 bridgehead atoms. The van der Waals surface area contributed by atoms with Gasteiger partial charge in [0.15, 0.2) is 0 Å². The molecule has 0 aliphatic heterocycles. The molecule has 2 rings (SSSR count). The Labute approximate surface area is 168 Å². The summed E-state index contributed by atoms with van der Waals surface area (Å²) in [6.07, 6.45) is 1.19. The fourth-order valence-electron chi connectivity index (χ4n) is 2.38. The van der Waals surface area contributed by atoms with Gasteiger partial charge in [-0.15, -0.1) is 0 Å². The van der Waals surface area contributed by atoms with E-state index in [1.165, 1.54) is 7.11 Å². The highest BCUT2D eigenvalue weighted by Gasteiger charge is 2.09. The van der Waals surface area contributed by atoms with Crippen LogP contribution in [0, 0.1) is 0 Å². The lowest BCUT2D eigenvalue weighted by Crippen LogP contribution is -2.22. The van der Waals surface area contributed by atoms with Gasteiger partial charge in [0.25, 0.3) is 0 Å². The van der Waals surface area contributed by atoms with E-state index in [0.29, 0.717) is 34.1 Å². The van der Waals surface area contributed by atoms with Crippen LogP contribution in [0.1, 0.15) is 30.1 Å². The number of nitrogens with one attached hydrogen (secondary N) is 3. The second-order valence-electron chi connectivity index (χ2n) is 5.96. The van der Waals surface area contributed by atoms with E-state index in [1.54, 1.807) is 42.5 Å². The third-order valence-electron chi connectivity index (χ3n) is 3.76. The molecule has 28 heavy (non-hydrogen) atoms. The van der Waals surface area contributed by atoms with Crippen molar-refractivity contribution in [2.75, 3.05) is 29.6 Å². The molecule has 0 saturated carbocycles. The summed E-state index contributed by atoms with van der Waals surface area (Å²) in [5.74, 6) is -0.814. The van der Waals surface area contributed by atoms with Crippen molar-refractivity contribution in [2.45, 2.75) is 19.8 Å². The maximum absolute atomic E-state index is 12.1. The SMILES string of the molecule is CCCC(=O)Nc1ccc(Cl)c(NCC(=O)Nc2ccc(C(=O)OC)cc2)c1. The Hall–Kier alpha value is -3.06. The van der Waals surface area contributed by atoms with Crippen LogP contribution in [0.2, 0.25) is 5.02 Å². The first-order valence-corrected chi connectivity index (χ1v) is 9.12. The van der Waals surface area contributed by atoms with E-state index in [9.17, 15) is 14.4 Å². The maximum Gasteiger partial charge on any atom is 0.337 e. The van der Waals surface area contributed by atoms with Crippen LogP contribution >= 0.6 is 11.6 Å². The number of hydrogen-bond donors (Lipinski definition) is 3. The second-order valence-corrected chi connectivity index (χ2v) is 6.37. The minimum atomic E-state index is -0.444. The molecule has 0 saturated heterocycles. The highest BCUT2D eigenvalue weighted by atomic mass is 35.5. The lowest BCUT2D eigenvalue weighted by Gasteiger charge is -2.12. The van der Waals surface area contributed by atoms with Crippen molar-refractivity contribution in [3.8, 4) is 0 Å². The number of halogens is 1. The van der Waals surface area contributed by atoms with E-state index in [2.05, 4.69) is 20.7 Å². The fourth-order valence-corrected chi connectivity index (χ4v) is 2.56. The molecule has 0 aliphatic rings. The molecule has 0 aliphatic carbocycles. The lowest BCUT2D eigenvalue weighted by molar-refractivity contribution is -0.116. The molecule has 3 N–H and O–H groups in total. The Kier molecular flexibility index (Phi) is 7.83. The molecule has 148 valence electrons. The summed E-state index contributed by atoms with van der Waals surface area (Å²) in [5.41, 5.74) is 2.08. The van der Waals surface area contributed by atoms with Gasteiger partial charge < -0.3 is 20.7 Å². The molecule has 0 heterocycles. The molecule has 0 aromatic heterocycles. The molecule has 2 aromatic carbocycles.